The molecule has 0 saturated heterocycles. The lowest BCUT2D eigenvalue weighted by molar-refractivity contribution is -0.137. The van der Waals surface area contributed by atoms with E-state index in [4.69, 9.17) is 11.8 Å². The van der Waals surface area contributed by atoms with Gasteiger partial charge in [0.1, 0.15) is 6.67 Å². The summed E-state index contributed by atoms with van der Waals surface area (Å²) in [4.78, 5) is 12.7. The van der Waals surface area contributed by atoms with Crippen molar-refractivity contribution in [3.05, 3.63) is 11.9 Å². The molecule has 0 aromatic heterocycles. The number of methoxy groups -OCH3 is 1. The zero-order chi connectivity index (χ0) is 8.43. The van der Waals surface area contributed by atoms with Crippen molar-refractivity contribution in [2.45, 2.75) is 0 Å². The largest absolute Gasteiger partial charge is 0.464 e. The van der Waals surface area contributed by atoms with Gasteiger partial charge < -0.3 is 9.64 Å². The third-order valence-electron chi connectivity index (χ3n) is 1.35. The van der Waals surface area contributed by atoms with Gasteiger partial charge >= 0.3 is 5.97 Å². The van der Waals surface area contributed by atoms with Gasteiger partial charge in [-0.1, -0.05) is 0 Å². The van der Waals surface area contributed by atoms with Crippen molar-refractivity contribution in [1.82, 2.24) is 9.32 Å². The standard InChI is InChI=1S/C6H9ClN2O2/c1-8-3-5(6(10)11-2)9(7)4-8/h3H,4H2,1-2H3. The summed E-state index contributed by atoms with van der Waals surface area (Å²) in [5.74, 6) is -0.413. The van der Waals surface area contributed by atoms with Crippen molar-refractivity contribution in [1.29, 1.82) is 0 Å². The quantitative estimate of drug-likeness (QED) is 0.427. The molecule has 0 aliphatic carbocycles. The van der Waals surface area contributed by atoms with Crippen molar-refractivity contribution in [2.75, 3.05) is 20.8 Å². The molecular formula is C6H9ClN2O2. The van der Waals surface area contributed by atoms with Gasteiger partial charge in [0.2, 0.25) is 0 Å². The lowest BCUT2D eigenvalue weighted by atomic mass is 10.5. The molecule has 0 aromatic carbocycles. The van der Waals surface area contributed by atoms with Crippen molar-refractivity contribution < 1.29 is 9.53 Å². The van der Waals surface area contributed by atoms with Crippen LogP contribution in [0.25, 0.3) is 0 Å². The molecule has 11 heavy (non-hydrogen) atoms. The van der Waals surface area contributed by atoms with Crippen LogP contribution in [0.15, 0.2) is 11.9 Å². The Morgan fingerprint density at radius 2 is 2.45 bits per heavy atom. The van der Waals surface area contributed by atoms with E-state index in [0.717, 1.165) is 0 Å². The van der Waals surface area contributed by atoms with Gasteiger partial charge in [0, 0.05) is 25.0 Å². The molecule has 0 aromatic rings. The molecule has 1 rings (SSSR count). The number of nitrogens with zero attached hydrogens (tertiary/aromatic N) is 2. The number of carbonyl (C=O) groups excluding carboxylic acids is 1. The van der Waals surface area contributed by atoms with Crippen LogP contribution in [0.3, 0.4) is 0 Å². The van der Waals surface area contributed by atoms with Crippen LogP contribution in [0.5, 0.6) is 0 Å². The molecule has 0 radical (unpaired) electrons. The van der Waals surface area contributed by atoms with Gasteiger partial charge in [0.25, 0.3) is 0 Å². The Balaban J connectivity index is 2.71. The number of halogens is 1. The predicted octanol–water partition coefficient (Wildman–Crippen LogP) is 0.359. The van der Waals surface area contributed by atoms with E-state index in [9.17, 15) is 4.79 Å². The van der Waals surface area contributed by atoms with Gasteiger partial charge in [-0.25, -0.2) is 4.79 Å². The van der Waals surface area contributed by atoms with E-state index in [-0.39, 0.29) is 0 Å². The van der Waals surface area contributed by atoms with Crippen LogP contribution in [0.1, 0.15) is 0 Å². The van der Waals surface area contributed by atoms with Gasteiger partial charge in [-0.15, -0.1) is 0 Å². The maximum Gasteiger partial charge on any atom is 0.357 e. The molecule has 0 saturated carbocycles. The van der Waals surface area contributed by atoms with Gasteiger partial charge in [-0.05, 0) is 0 Å². The summed E-state index contributed by atoms with van der Waals surface area (Å²) >= 11 is 5.67. The number of hydrogen-bond acceptors (Lipinski definition) is 4. The number of carbonyl (C=O) groups is 1. The zero-order valence-corrected chi connectivity index (χ0v) is 7.13. The fourth-order valence-corrected chi connectivity index (χ4v) is 1.12. The Morgan fingerprint density at radius 1 is 1.82 bits per heavy atom. The second-order valence-electron chi connectivity index (χ2n) is 2.27. The number of hydrogen-bond donors (Lipinski definition) is 0. The first-order valence-corrected chi connectivity index (χ1v) is 3.42. The Bertz CT molecular complexity index is 205. The second kappa shape index (κ2) is 3.00. The molecule has 0 unspecified atom stereocenters. The summed E-state index contributed by atoms with van der Waals surface area (Å²) in [5, 5.41) is 0. The Hall–Kier alpha value is -0.900. The predicted molar refractivity (Wildman–Crippen MR) is 40.4 cm³/mol. The first-order chi connectivity index (χ1) is 5.15. The van der Waals surface area contributed by atoms with Crippen LogP contribution in [0.2, 0.25) is 0 Å². The highest BCUT2D eigenvalue weighted by molar-refractivity contribution is 6.17. The van der Waals surface area contributed by atoms with Gasteiger partial charge in [0.15, 0.2) is 5.70 Å². The number of ether oxygens (including phenoxy) is 1. The average Bonchev–Trinajstić information content (AvgIpc) is 2.28. The molecule has 1 heterocycles. The third-order valence-corrected chi connectivity index (χ3v) is 1.63. The van der Waals surface area contributed by atoms with E-state index in [1.165, 1.54) is 11.5 Å². The molecule has 62 valence electrons. The molecule has 1 aliphatic rings. The van der Waals surface area contributed by atoms with E-state index >= 15 is 0 Å². The van der Waals surface area contributed by atoms with E-state index in [1.807, 2.05) is 7.05 Å². The summed E-state index contributed by atoms with van der Waals surface area (Å²) in [5.41, 5.74) is 0.372. The highest BCUT2D eigenvalue weighted by Crippen LogP contribution is 2.17. The Kier molecular flexibility index (Phi) is 2.24. The summed E-state index contributed by atoms with van der Waals surface area (Å²) < 4.78 is 5.80. The smallest absolute Gasteiger partial charge is 0.357 e. The SMILES string of the molecule is COC(=O)C1=CN(C)CN1Cl. The Morgan fingerprint density at radius 3 is 2.82 bits per heavy atom. The molecule has 1 aliphatic heterocycles. The summed E-state index contributed by atoms with van der Waals surface area (Å²) in [6.45, 7) is 0.506. The van der Waals surface area contributed by atoms with Crippen LogP contribution >= 0.6 is 11.8 Å². The average molecular weight is 177 g/mol. The number of rotatable bonds is 1. The molecule has 0 atom stereocenters. The molecule has 0 fully saturated rings. The Labute approximate surface area is 70.1 Å². The lowest BCUT2D eigenvalue weighted by Gasteiger charge is -2.10. The molecule has 4 nitrogen and oxygen atoms in total. The van der Waals surface area contributed by atoms with E-state index < -0.39 is 5.97 Å². The van der Waals surface area contributed by atoms with Crippen LogP contribution in [0, 0.1) is 0 Å². The van der Waals surface area contributed by atoms with Crippen LogP contribution in [-0.2, 0) is 9.53 Å². The van der Waals surface area contributed by atoms with Crippen LogP contribution in [0.4, 0.5) is 0 Å². The first kappa shape index (κ1) is 8.20. The van der Waals surface area contributed by atoms with Crippen molar-refractivity contribution in [3.8, 4) is 0 Å². The van der Waals surface area contributed by atoms with Crippen molar-refractivity contribution in [2.24, 2.45) is 0 Å². The fraction of sp³-hybridized carbons (Fsp3) is 0.500. The minimum Gasteiger partial charge on any atom is -0.464 e. The van der Waals surface area contributed by atoms with Gasteiger partial charge in [-0.3, -0.25) is 4.42 Å². The molecule has 0 N–H and O–H groups in total. The summed E-state index contributed by atoms with van der Waals surface area (Å²) in [6, 6.07) is 0. The van der Waals surface area contributed by atoms with E-state index in [1.54, 1.807) is 11.1 Å². The summed E-state index contributed by atoms with van der Waals surface area (Å²) in [6.07, 6.45) is 1.64. The van der Waals surface area contributed by atoms with Crippen molar-refractivity contribution in [3.63, 3.8) is 0 Å². The van der Waals surface area contributed by atoms with E-state index in [0.29, 0.717) is 12.4 Å². The van der Waals surface area contributed by atoms with Crippen LogP contribution in [-0.4, -0.2) is 36.1 Å². The molecule has 0 spiro atoms. The van der Waals surface area contributed by atoms with Crippen LogP contribution < -0.4 is 0 Å². The second-order valence-corrected chi connectivity index (χ2v) is 2.67. The van der Waals surface area contributed by atoms with Gasteiger partial charge in [0.05, 0.1) is 7.11 Å². The van der Waals surface area contributed by atoms with E-state index in [2.05, 4.69) is 4.74 Å². The highest BCUT2D eigenvalue weighted by Gasteiger charge is 2.23. The molecule has 0 amide bonds. The minimum absolute atomic E-state index is 0.372. The monoisotopic (exact) mass is 176 g/mol. The number of esters is 1. The van der Waals surface area contributed by atoms with Crippen molar-refractivity contribution >= 4 is 17.7 Å². The molecule has 0 bridgehead atoms. The first-order valence-electron chi connectivity index (χ1n) is 3.09. The molecule has 5 heteroatoms. The zero-order valence-electron chi connectivity index (χ0n) is 6.37. The maximum absolute atomic E-state index is 10.9. The highest BCUT2D eigenvalue weighted by atomic mass is 35.5. The normalized spacial score (nSPS) is 16.8. The third kappa shape index (κ3) is 1.57. The lowest BCUT2D eigenvalue weighted by Crippen LogP contribution is -2.19. The molecular weight excluding hydrogens is 168 g/mol. The van der Waals surface area contributed by atoms with Gasteiger partial charge in [-0.2, -0.15) is 0 Å². The topological polar surface area (TPSA) is 32.8 Å². The fourth-order valence-electron chi connectivity index (χ4n) is 0.841. The maximum atomic E-state index is 10.9. The minimum atomic E-state index is -0.413. The summed E-state index contributed by atoms with van der Waals surface area (Å²) in [7, 11) is 3.15.